The molecule has 0 radical (unpaired) electrons. The van der Waals surface area contributed by atoms with E-state index >= 15 is 0 Å². The van der Waals surface area contributed by atoms with Crippen LogP contribution in [0.3, 0.4) is 0 Å². The summed E-state index contributed by atoms with van der Waals surface area (Å²) < 4.78 is 66.5. The van der Waals surface area contributed by atoms with Crippen molar-refractivity contribution < 1.29 is 26.4 Å². The normalized spacial score (nSPS) is 12.3. The Morgan fingerprint density at radius 2 is 1.88 bits per heavy atom. The van der Waals surface area contributed by atoms with Gasteiger partial charge in [-0.15, -0.1) is 11.3 Å². The molecular weight excluding hydrogens is 577 g/mol. The van der Waals surface area contributed by atoms with Crippen LogP contribution in [-0.2, 0) is 22.6 Å². The Morgan fingerprint density at radius 3 is 2.50 bits per heavy atom. The molecule has 0 aliphatic heterocycles. The van der Waals surface area contributed by atoms with Gasteiger partial charge in [-0.2, -0.15) is 13.2 Å². The smallest absolute Gasteiger partial charge is 0.358 e. The Labute approximate surface area is 210 Å². The number of aromatic amines is 1. The van der Waals surface area contributed by atoms with E-state index in [1.54, 1.807) is 25.1 Å². The Bertz CT molecular complexity index is 1530. The van der Waals surface area contributed by atoms with Crippen molar-refractivity contribution in [1.82, 2.24) is 9.71 Å². The number of thiophene rings is 1. The fourth-order valence-corrected chi connectivity index (χ4v) is 6.71. The van der Waals surface area contributed by atoms with Crippen LogP contribution >= 0.6 is 38.9 Å². The number of hydrogen-bond donors (Lipinski definition) is 2. The van der Waals surface area contributed by atoms with Crippen molar-refractivity contribution in [2.75, 3.05) is 0 Å². The molecule has 0 aliphatic rings. The minimum atomic E-state index is -4.50. The molecule has 12 heteroatoms. The number of alkyl halides is 3. The van der Waals surface area contributed by atoms with Crippen LogP contribution in [0.15, 0.2) is 56.5 Å². The first-order chi connectivity index (χ1) is 15.8. The van der Waals surface area contributed by atoms with Gasteiger partial charge in [-0.3, -0.25) is 4.79 Å². The van der Waals surface area contributed by atoms with Gasteiger partial charge in [-0.05, 0) is 76.4 Å². The Hall–Kier alpha value is -2.34. The minimum absolute atomic E-state index is 0.0103. The number of H-pyrrole nitrogens is 1. The first-order valence-electron chi connectivity index (χ1n) is 9.64. The first kappa shape index (κ1) is 24.8. The van der Waals surface area contributed by atoms with Gasteiger partial charge in [0, 0.05) is 33.6 Å². The van der Waals surface area contributed by atoms with E-state index in [-0.39, 0.29) is 21.2 Å². The summed E-state index contributed by atoms with van der Waals surface area (Å²) in [6, 6.07) is 10.8. The number of carbonyl (C=O) groups is 1. The third-order valence-corrected chi connectivity index (χ3v) is 8.97. The molecule has 1 amide bonds. The lowest BCUT2D eigenvalue weighted by atomic mass is 9.99. The summed E-state index contributed by atoms with van der Waals surface area (Å²) in [4.78, 5) is 15.9. The van der Waals surface area contributed by atoms with Gasteiger partial charge in [0.1, 0.15) is 4.21 Å². The van der Waals surface area contributed by atoms with Crippen LogP contribution in [0.2, 0.25) is 5.02 Å². The molecule has 178 valence electrons. The fourth-order valence-electron chi connectivity index (χ4n) is 3.48. The molecule has 0 unspecified atom stereocenters. The van der Waals surface area contributed by atoms with Crippen molar-refractivity contribution in [2.45, 2.75) is 23.7 Å². The fraction of sp³-hybridized carbons (Fsp3) is 0.136. The van der Waals surface area contributed by atoms with Gasteiger partial charge in [0.2, 0.25) is 0 Å². The van der Waals surface area contributed by atoms with Crippen LogP contribution < -0.4 is 4.72 Å². The topological polar surface area (TPSA) is 79.0 Å². The third-order valence-electron chi connectivity index (χ3n) is 5.17. The Kier molecular flexibility index (Phi) is 6.58. The summed E-state index contributed by atoms with van der Waals surface area (Å²) in [5, 5.41) is 0.614. The molecule has 5 nitrogen and oxygen atoms in total. The van der Waals surface area contributed by atoms with E-state index in [0.29, 0.717) is 20.3 Å². The molecule has 4 aromatic rings. The number of fused-ring (bicyclic) bond motifs is 1. The first-order valence-corrected chi connectivity index (χ1v) is 13.1. The number of hydrogen-bond acceptors (Lipinski definition) is 4. The van der Waals surface area contributed by atoms with Gasteiger partial charge in [0.25, 0.3) is 15.9 Å². The molecular formula is C22H15BrClF3N2O3S2. The van der Waals surface area contributed by atoms with Gasteiger partial charge in [-0.1, -0.05) is 17.7 Å². The predicted molar refractivity (Wildman–Crippen MR) is 129 cm³/mol. The highest BCUT2D eigenvalue weighted by molar-refractivity contribution is 9.11. The van der Waals surface area contributed by atoms with E-state index in [0.717, 1.165) is 34.7 Å². The number of halogens is 5. The zero-order chi connectivity index (χ0) is 24.8. The lowest BCUT2D eigenvalue weighted by Gasteiger charge is -2.10. The summed E-state index contributed by atoms with van der Waals surface area (Å²) in [7, 11) is -4.04. The molecule has 0 bridgehead atoms. The summed E-state index contributed by atoms with van der Waals surface area (Å²) in [5.74, 6) is -0.802. The zero-order valence-electron chi connectivity index (χ0n) is 17.3. The van der Waals surface area contributed by atoms with E-state index in [9.17, 15) is 26.4 Å². The number of aromatic nitrogens is 1. The highest BCUT2D eigenvalue weighted by Crippen LogP contribution is 2.34. The number of rotatable bonds is 5. The SMILES string of the molecule is Cc1[nH]c2ccc(C(=O)NS(=O)(=O)c3ccc(Br)s3)cc2c1Cc1ccc(C(F)(F)F)cc1Cl. The second-order valence-electron chi connectivity index (χ2n) is 7.46. The van der Waals surface area contributed by atoms with Crippen molar-refractivity contribution in [3.63, 3.8) is 0 Å². The van der Waals surface area contributed by atoms with E-state index < -0.39 is 27.7 Å². The number of sulfonamides is 1. The summed E-state index contributed by atoms with van der Waals surface area (Å²) >= 11 is 10.3. The third kappa shape index (κ3) is 5.02. The van der Waals surface area contributed by atoms with Crippen LogP contribution in [0.5, 0.6) is 0 Å². The molecule has 0 atom stereocenters. The number of nitrogens with one attached hydrogen (secondary N) is 2. The monoisotopic (exact) mass is 590 g/mol. The highest BCUT2D eigenvalue weighted by atomic mass is 79.9. The van der Waals surface area contributed by atoms with Gasteiger partial charge in [-0.25, -0.2) is 13.1 Å². The van der Waals surface area contributed by atoms with Crippen LogP contribution in [0.25, 0.3) is 10.9 Å². The highest BCUT2D eigenvalue weighted by Gasteiger charge is 2.31. The average Bonchev–Trinajstić information content (AvgIpc) is 3.31. The molecule has 2 aromatic carbocycles. The molecule has 0 aliphatic carbocycles. The molecule has 0 fully saturated rings. The van der Waals surface area contributed by atoms with Crippen LogP contribution in [-0.4, -0.2) is 19.3 Å². The average molecular weight is 592 g/mol. The number of benzene rings is 2. The van der Waals surface area contributed by atoms with Gasteiger partial charge in [0.05, 0.1) is 9.35 Å². The molecule has 2 heterocycles. The van der Waals surface area contributed by atoms with Crippen molar-refractivity contribution in [1.29, 1.82) is 0 Å². The second-order valence-corrected chi connectivity index (χ2v) is 12.2. The zero-order valence-corrected chi connectivity index (χ0v) is 21.2. The lowest BCUT2D eigenvalue weighted by molar-refractivity contribution is -0.137. The summed E-state index contributed by atoms with van der Waals surface area (Å²) in [6.45, 7) is 1.80. The van der Waals surface area contributed by atoms with Crippen LogP contribution in [0.4, 0.5) is 13.2 Å². The Balaban J connectivity index is 1.65. The summed E-state index contributed by atoms with van der Waals surface area (Å²) in [6.07, 6.45) is -4.28. The largest absolute Gasteiger partial charge is 0.416 e. The maximum absolute atomic E-state index is 13.0. The number of amides is 1. The molecule has 2 N–H and O–H groups in total. The maximum Gasteiger partial charge on any atom is 0.416 e. The van der Waals surface area contributed by atoms with Gasteiger partial charge in [0.15, 0.2) is 0 Å². The molecule has 34 heavy (non-hydrogen) atoms. The van der Waals surface area contributed by atoms with E-state index in [2.05, 4.69) is 25.6 Å². The standard InChI is InChI=1S/C22H15BrClF3N2O3S2/c1-11-15(8-12-2-4-14(10-17(12)24)22(25,26)27)16-9-13(3-5-18(16)28-11)21(30)29-34(31,32)20-7-6-19(23)33-20/h2-7,9-10,28H,8H2,1H3,(H,29,30). The van der Waals surface area contributed by atoms with Crippen molar-refractivity contribution in [3.8, 4) is 0 Å². The lowest BCUT2D eigenvalue weighted by Crippen LogP contribution is -2.30. The van der Waals surface area contributed by atoms with Crippen molar-refractivity contribution in [3.05, 3.63) is 85.3 Å². The molecule has 0 saturated heterocycles. The molecule has 4 rings (SSSR count). The van der Waals surface area contributed by atoms with E-state index in [1.807, 2.05) is 0 Å². The Morgan fingerprint density at radius 1 is 1.15 bits per heavy atom. The van der Waals surface area contributed by atoms with Crippen LogP contribution in [0.1, 0.15) is 32.7 Å². The number of carbonyl (C=O) groups excluding carboxylic acids is 1. The predicted octanol–water partition coefficient (Wildman–Crippen LogP) is 6.68. The quantitative estimate of drug-likeness (QED) is 0.272. The number of aryl methyl sites for hydroxylation is 1. The second kappa shape index (κ2) is 9.03. The van der Waals surface area contributed by atoms with E-state index in [1.165, 1.54) is 18.2 Å². The minimum Gasteiger partial charge on any atom is -0.358 e. The molecule has 0 spiro atoms. The van der Waals surface area contributed by atoms with Crippen molar-refractivity contribution >= 4 is 65.7 Å². The van der Waals surface area contributed by atoms with Gasteiger partial charge < -0.3 is 4.98 Å². The van der Waals surface area contributed by atoms with Gasteiger partial charge >= 0.3 is 6.18 Å². The summed E-state index contributed by atoms with van der Waals surface area (Å²) in [5.41, 5.74) is 1.94. The van der Waals surface area contributed by atoms with Crippen molar-refractivity contribution in [2.24, 2.45) is 0 Å². The maximum atomic E-state index is 13.0. The van der Waals surface area contributed by atoms with Crippen LogP contribution in [0, 0.1) is 6.92 Å². The molecule has 0 saturated carbocycles. The van der Waals surface area contributed by atoms with E-state index in [4.69, 9.17) is 11.6 Å². The molecule has 2 aromatic heterocycles.